The van der Waals surface area contributed by atoms with E-state index < -0.39 is 236 Å². The van der Waals surface area contributed by atoms with Crippen molar-refractivity contribution in [3.05, 3.63) is 0 Å². The number of fused-ring (bicyclic) bond motifs is 2. The molecule has 1 heterocycles. The summed E-state index contributed by atoms with van der Waals surface area (Å²) in [4.78, 5) is 113. The van der Waals surface area contributed by atoms with Crippen molar-refractivity contribution in [3.8, 4) is 0 Å². The molecule has 1 aliphatic heterocycles. The van der Waals surface area contributed by atoms with Crippen molar-refractivity contribution in [3.63, 3.8) is 0 Å². The third-order valence-corrected chi connectivity index (χ3v) is 17.9. The highest BCUT2D eigenvalue weighted by atomic mass is 32.2. The van der Waals surface area contributed by atoms with Gasteiger partial charge in [0.05, 0.1) is 34.0 Å². The van der Waals surface area contributed by atoms with Gasteiger partial charge in [-0.25, -0.2) is 9.59 Å². The standard InChI is InChI=1S/C58H83F11O20S/c1-19-52(17,43(75)82-31-23-29(53(18,56(61,62)63)88-44(76)86-48(8,9)10)22-30(24-31)55(57(64,65)66,58(67,68)69)89-45(77)87-49(11,12)13)37-36(39(71)83-40(37)72)35-28-20-32(33(21-28)38(70)84-46(2,3)4)34(35)25-51(16,42(74)85-47(5,6)7)26-50(14,15)41(73)81-27-54(59,60)90(78,79)80/h28-37H,19-27H2,1-18H3,(H,78,79,80). The lowest BCUT2D eigenvalue weighted by molar-refractivity contribution is -0.392. The maximum atomic E-state index is 15.6. The Morgan fingerprint density at radius 1 is 0.567 bits per heavy atom. The Morgan fingerprint density at radius 2 is 1.04 bits per heavy atom. The van der Waals surface area contributed by atoms with Gasteiger partial charge >= 0.3 is 87.6 Å². The Labute approximate surface area is 514 Å². The van der Waals surface area contributed by atoms with Crippen molar-refractivity contribution in [1.29, 1.82) is 0 Å². The van der Waals surface area contributed by atoms with Crippen molar-refractivity contribution < 1.29 is 142 Å². The summed E-state index contributed by atoms with van der Waals surface area (Å²) >= 11 is 0. The minimum atomic E-state index is -6.76. The number of hydrogen-bond donors (Lipinski definition) is 1. The SMILES string of the molecule is CCC(C)(C(=O)OC1CC(C(C)(OC(=O)OC(C)(C)C)C(F)(F)F)CC(C(OC(=O)OC(C)(C)C)(C(F)(F)F)C(F)(F)F)C1)C1C(=O)OC(=O)C1C1C2CC(C(=O)OC(C)(C)C)C(C2)C1CC(C)(CC(C)(C)C(=O)OCC(F)(F)S(=O)(=O)O)C(=O)OC(C)(C)C. The van der Waals surface area contributed by atoms with Crippen LogP contribution in [-0.2, 0) is 81.5 Å². The van der Waals surface area contributed by atoms with Gasteiger partial charge in [-0.15, -0.1) is 0 Å². The molecule has 4 rings (SSSR count). The smallest absolute Gasteiger partial charge is 0.462 e. The molecule has 0 spiro atoms. The van der Waals surface area contributed by atoms with Crippen LogP contribution in [0.25, 0.3) is 0 Å². The van der Waals surface area contributed by atoms with E-state index in [-0.39, 0.29) is 19.8 Å². The molecule has 20 nitrogen and oxygen atoms in total. The van der Waals surface area contributed by atoms with Crippen LogP contribution in [0.4, 0.5) is 57.9 Å². The second kappa shape index (κ2) is 25.2. The van der Waals surface area contributed by atoms with Crippen molar-refractivity contribution in [2.75, 3.05) is 6.61 Å². The van der Waals surface area contributed by atoms with Crippen LogP contribution in [0, 0.1) is 69.5 Å². The summed E-state index contributed by atoms with van der Waals surface area (Å²) in [6.45, 7) is 19.4. The number of cyclic esters (lactones) is 2. The van der Waals surface area contributed by atoms with Crippen LogP contribution in [0.3, 0.4) is 0 Å². The Kier molecular flexibility index (Phi) is 21.6. The highest BCUT2D eigenvalue weighted by molar-refractivity contribution is 7.86. The van der Waals surface area contributed by atoms with Crippen molar-refractivity contribution in [2.45, 2.75) is 239 Å². The Bertz CT molecular complexity index is 2830. The van der Waals surface area contributed by atoms with Crippen molar-refractivity contribution >= 4 is 58.2 Å². The van der Waals surface area contributed by atoms with E-state index in [9.17, 15) is 50.8 Å². The van der Waals surface area contributed by atoms with Gasteiger partial charge in [0, 0.05) is 11.8 Å². The highest BCUT2D eigenvalue weighted by Gasteiger charge is 2.79. The summed E-state index contributed by atoms with van der Waals surface area (Å²) in [5, 5.41) is -5.00. The first-order valence-corrected chi connectivity index (χ1v) is 30.4. The number of rotatable bonds is 19. The summed E-state index contributed by atoms with van der Waals surface area (Å²) in [7, 11) is -6.12. The summed E-state index contributed by atoms with van der Waals surface area (Å²) in [6, 6.07) is 0. The zero-order valence-electron chi connectivity index (χ0n) is 53.4. The second-order valence-electron chi connectivity index (χ2n) is 29.4. The summed E-state index contributed by atoms with van der Waals surface area (Å²) in [6.07, 6.45) is -33.5. The average molecular weight is 1340 g/mol. The predicted octanol–water partition coefficient (Wildman–Crippen LogP) is 12.5. The quantitative estimate of drug-likeness (QED) is 0.0414. The molecule has 0 aromatic rings. The molecule has 0 radical (unpaired) electrons. The van der Waals surface area contributed by atoms with E-state index in [1.54, 1.807) is 20.8 Å². The third-order valence-electron chi connectivity index (χ3n) is 17.1. The summed E-state index contributed by atoms with van der Waals surface area (Å²) in [5.74, 6) is -23.2. The van der Waals surface area contributed by atoms with Gasteiger partial charge in [-0.1, -0.05) is 6.92 Å². The molecule has 0 amide bonds. The number of ether oxygens (including phenoxy) is 9. The number of halogens is 11. The van der Waals surface area contributed by atoms with Gasteiger partial charge in [0.1, 0.15) is 28.5 Å². The fourth-order valence-corrected chi connectivity index (χ4v) is 13.4. The van der Waals surface area contributed by atoms with E-state index in [4.69, 9.17) is 33.0 Å². The fourth-order valence-electron chi connectivity index (χ4n) is 13.2. The number of alkyl halides is 11. The lowest BCUT2D eigenvalue weighted by Gasteiger charge is -2.49. The summed E-state index contributed by atoms with van der Waals surface area (Å²) < 4.78 is 247. The first kappa shape index (κ1) is 77.1. The molecular formula is C58H83F11O20S. The van der Waals surface area contributed by atoms with Gasteiger partial charge in [-0.3, -0.25) is 33.3 Å². The molecule has 0 aromatic heterocycles. The van der Waals surface area contributed by atoms with Gasteiger partial charge in [-0.2, -0.15) is 56.7 Å². The van der Waals surface area contributed by atoms with Crippen LogP contribution < -0.4 is 0 Å². The largest absolute Gasteiger partial charge is 0.510 e. The molecule has 4 aliphatic rings. The van der Waals surface area contributed by atoms with Crippen molar-refractivity contribution in [2.24, 2.45) is 69.5 Å². The Hall–Kier alpha value is -5.30. The number of esters is 6. The molecule has 13 atom stereocenters. The zero-order chi connectivity index (χ0) is 70.1. The molecule has 13 unspecified atom stereocenters. The van der Waals surface area contributed by atoms with Crippen LogP contribution in [0.5, 0.6) is 0 Å². The number of carbonyl (C=O) groups is 8. The second-order valence-corrected chi connectivity index (χ2v) is 31.0. The van der Waals surface area contributed by atoms with E-state index in [0.29, 0.717) is 0 Å². The molecule has 2 bridgehead atoms. The first-order valence-electron chi connectivity index (χ1n) is 28.9. The minimum absolute atomic E-state index is 0.0114. The van der Waals surface area contributed by atoms with Crippen LogP contribution in [0.15, 0.2) is 0 Å². The van der Waals surface area contributed by atoms with Crippen LogP contribution in [0.2, 0.25) is 0 Å². The summed E-state index contributed by atoms with van der Waals surface area (Å²) in [5.41, 5.74) is -22.3. The molecule has 3 aliphatic carbocycles. The Balaban J connectivity index is 1.97. The van der Waals surface area contributed by atoms with E-state index >= 15 is 44.3 Å². The van der Waals surface area contributed by atoms with Crippen LogP contribution >= 0.6 is 0 Å². The normalized spacial score (nSPS) is 27.0. The topological polar surface area (TPSA) is 274 Å². The van der Waals surface area contributed by atoms with E-state index in [1.807, 2.05) is 0 Å². The lowest BCUT2D eigenvalue weighted by atomic mass is 9.57. The third kappa shape index (κ3) is 16.9. The number of hydrogen-bond acceptors (Lipinski definition) is 19. The molecule has 518 valence electrons. The highest BCUT2D eigenvalue weighted by Crippen LogP contribution is 2.65. The van der Waals surface area contributed by atoms with Gasteiger partial charge in [0.2, 0.25) is 5.60 Å². The maximum absolute atomic E-state index is 15.6. The van der Waals surface area contributed by atoms with E-state index in [2.05, 4.69) is 14.2 Å². The van der Waals surface area contributed by atoms with Crippen LogP contribution in [-0.4, -0.2) is 131 Å². The molecule has 1 saturated heterocycles. The molecule has 1 N–H and O–H groups in total. The van der Waals surface area contributed by atoms with Crippen LogP contribution in [0.1, 0.15) is 176 Å². The Morgan fingerprint density at radius 3 is 1.49 bits per heavy atom. The van der Waals surface area contributed by atoms with E-state index in [1.165, 1.54) is 55.4 Å². The minimum Gasteiger partial charge on any atom is -0.462 e. The first-order chi connectivity index (χ1) is 39.9. The predicted molar refractivity (Wildman–Crippen MR) is 288 cm³/mol. The zero-order valence-corrected chi connectivity index (χ0v) is 54.2. The van der Waals surface area contributed by atoms with Gasteiger partial charge in [0.15, 0.2) is 6.61 Å². The monoisotopic (exact) mass is 1340 g/mol. The molecule has 32 heteroatoms. The van der Waals surface area contributed by atoms with Gasteiger partial charge in [-0.05, 0) is 193 Å². The fraction of sp³-hybridized carbons (Fsp3) is 0.862. The molecule has 3 saturated carbocycles. The van der Waals surface area contributed by atoms with Gasteiger partial charge < -0.3 is 42.6 Å². The van der Waals surface area contributed by atoms with Gasteiger partial charge in [0.25, 0.3) is 0 Å². The molecular weight excluding hydrogens is 1260 g/mol. The van der Waals surface area contributed by atoms with Crippen molar-refractivity contribution in [1.82, 2.24) is 0 Å². The lowest BCUT2D eigenvalue weighted by Crippen LogP contribution is -2.67. The molecule has 4 fully saturated rings. The average Bonchev–Trinajstić information content (AvgIpc) is 1.32. The number of carbonyl (C=O) groups excluding carboxylic acids is 8. The molecule has 90 heavy (non-hydrogen) atoms. The maximum Gasteiger partial charge on any atom is 0.510 e. The van der Waals surface area contributed by atoms with E-state index in [0.717, 1.165) is 41.5 Å². The molecule has 0 aromatic carbocycles.